The summed E-state index contributed by atoms with van der Waals surface area (Å²) < 4.78 is 5.47. The molecule has 1 aliphatic carbocycles. The van der Waals surface area contributed by atoms with Crippen molar-refractivity contribution in [2.24, 2.45) is 5.92 Å². The summed E-state index contributed by atoms with van der Waals surface area (Å²) >= 11 is 0. The number of likely N-dealkylation sites (N-methyl/N-ethyl adjacent to an activating group) is 1. The van der Waals surface area contributed by atoms with E-state index in [1.165, 1.54) is 32.2 Å². The van der Waals surface area contributed by atoms with E-state index in [0.717, 1.165) is 18.7 Å². The van der Waals surface area contributed by atoms with Crippen molar-refractivity contribution in [3.8, 4) is 0 Å². The van der Waals surface area contributed by atoms with Gasteiger partial charge in [0.05, 0.1) is 6.26 Å². The lowest BCUT2D eigenvalue weighted by Crippen LogP contribution is -2.47. The van der Waals surface area contributed by atoms with Gasteiger partial charge in [0.1, 0.15) is 5.76 Å². The van der Waals surface area contributed by atoms with Gasteiger partial charge in [-0.25, -0.2) is 0 Å². The highest BCUT2D eigenvalue weighted by Crippen LogP contribution is 2.49. The number of amides is 1. The highest BCUT2D eigenvalue weighted by atomic mass is 16.3. The summed E-state index contributed by atoms with van der Waals surface area (Å²) in [5, 5.41) is 0. The summed E-state index contributed by atoms with van der Waals surface area (Å²) in [6, 6.07) is 4.95. The lowest BCUT2D eigenvalue weighted by atomic mass is 10.0. The van der Waals surface area contributed by atoms with E-state index < -0.39 is 0 Å². The summed E-state index contributed by atoms with van der Waals surface area (Å²) in [5.74, 6) is 1.86. The molecule has 21 heavy (non-hydrogen) atoms. The number of carbonyl (C=O) groups is 1. The van der Waals surface area contributed by atoms with Crippen LogP contribution in [0, 0.1) is 5.92 Å². The first-order chi connectivity index (χ1) is 10.3. The van der Waals surface area contributed by atoms with Crippen LogP contribution in [0.2, 0.25) is 0 Å². The first-order valence-corrected chi connectivity index (χ1v) is 8.30. The zero-order valence-corrected chi connectivity index (χ0v) is 12.7. The average molecular weight is 288 g/mol. The maximum Gasteiger partial charge on any atom is 0.226 e. The van der Waals surface area contributed by atoms with E-state index in [-0.39, 0.29) is 5.92 Å². The minimum Gasteiger partial charge on any atom is -0.469 e. The summed E-state index contributed by atoms with van der Waals surface area (Å²) in [6.45, 7) is 2.14. The van der Waals surface area contributed by atoms with Crippen LogP contribution in [0.1, 0.15) is 43.8 Å². The van der Waals surface area contributed by atoms with Crippen LogP contribution in [0.5, 0.6) is 0 Å². The number of hydrogen-bond acceptors (Lipinski definition) is 3. The molecule has 3 heterocycles. The van der Waals surface area contributed by atoms with Crippen molar-refractivity contribution in [1.29, 1.82) is 0 Å². The summed E-state index contributed by atoms with van der Waals surface area (Å²) in [7, 11) is 2.21. The van der Waals surface area contributed by atoms with Gasteiger partial charge in [-0.1, -0.05) is 0 Å². The molecule has 3 aliphatic rings. The zero-order chi connectivity index (χ0) is 14.4. The first-order valence-electron chi connectivity index (χ1n) is 8.30. The molecular formula is C17H24N2O2. The zero-order valence-electron chi connectivity index (χ0n) is 12.7. The molecule has 0 spiro atoms. The molecule has 4 heteroatoms. The predicted molar refractivity (Wildman–Crippen MR) is 79.9 cm³/mol. The monoisotopic (exact) mass is 288 g/mol. The maximum absolute atomic E-state index is 12.9. The molecule has 3 fully saturated rings. The number of likely N-dealkylation sites (tertiary alicyclic amines) is 2. The minimum atomic E-state index is 0.170. The fraction of sp³-hybridized carbons (Fsp3) is 0.706. The predicted octanol–water partition coefficient (Wildman–Crippen LogP) is 2.47. The van der Waals surface area contributed by atoms with E-state index in [9.17, 15) is 4.79 Å². The molecule has 0 aromatic carbocycles. The number of furan rings is 1. The van der Waals surface area contributed by atoms with Gasteiger partial charge in [0.15, 0.2) is 0 Å². The summed E-state index contributed by atoms with van der Waals surface area (Å²) in [6.07, 6.45) is 7.55. The Kier molecular flexibility index (Phi) is 3.29. The second kappa shape index (κ2) is 5.16. The molecule has 1 amide bonds. The Morgan fingerprint density at radius 2 is 2.05 bits per heavy atom. The van der Waals surface area contributed by atoms with Gasteiger partial charge in [0.25, 0.3) is 0 Å². The molecular weight excluding hydrogens is 264 g/mol. The molecule has 1 aromatic heterocycles. The lowest BCUT2D eigenvalue weighted by Gasteiger charge is -2.33. The molecule has 2 saturated heterocycles. The first kappa shape index (κ1) is 13.4. The molecule has 1 saturated carbocycles. The molecule has 4 nitrogen and oxygen atoms in total. The van der Waals surface area contributed by atoms with Crippen LogP contribution in [0.15, 0.2) is 22.8 Å². The number of nitrogens with zero attached hydrogens (tertiary/aromatic N) is 2. The van der Waals surface area contributed by atoms with Crippen molar-refractivity contribution >= 4 is 5.91 Å². The highest BCUT2D eigenvalue weighted by Gasteiger charge is 2.50. The van der Waals surface area contributed by atoms with Crippen LogP contribution < -0.4 is 0 Å². The molecule has 0 bridgehead atoms. The van der Waals surface area contributed by atoms with E-state index in [0.29, 0.717) is 23.9 Å². The number of hydrogen-bond donors (Lipinski definition) is 0. The topological polar surface area (TPSA) is 36.7 Å². The van der Waals surface area contributed by atoms with Gasteiger partial charge in [0, 0.05) is 30.5 Å². The molecule has 4 rings (SSSR count). The fourth-order valence-electron chi connectivity index (χ4n) is 4.39. The Bertz CT molecular complexity index is 513. The van der Waals surface area contributed by atoms with E-state index in [4.69, 9.17) is 4.42 Å². The Morgan fingerprint density at radius 3 is 2.76 bits per heavy atom. The fourth-order valence-corrected chi connectivity index (χ4v) is 4.39. The van der Waals surface area contributed by atoms with E-state index in [1.807, 2.05) is 12.1 Å². The van der Waals surface area contributed by atoms with Gasteiger partial charge in [-0.2, -0.15) is 0 Å². The van der Waals surface area contributed by atoms with Crippen molar-refractivity contribution in [1.82, 2.24) is 9.80 Å². The Morgan fingerprint density at radius 1 is 1.24 bits per heavy atom. The van der Waals surface area contributed by atoms with Crippen molar-refractivity contribution in [3.05, 3.63) is 24.2 Å². The molecule has 2 aliphatic heterocycles. The molecule has 0 N–H and O–H groups in total. The van der Waals surface area contributed by atoms with Crippen LogP contribution in [0.3, 0.4) is 0 Å². The number of carbonyl (C=O) groups excluding carboxylic acids is 1. The van der Waals surface area contributed by atoms with Crippen molar-refractivity contribution in [2.45, 2.75) is 50.1 Å². The highest BCUT2D eigenvalue weighted by molar-refractivity contribution is 5.83. The minimum absolute atomic E-state index is 0.170. The van der Waals surface area contributed by atoms with E-state index in [2.05, 4.69) is 16.8 Å². The quantitative estimate of drug-likeness (QED) is 0.857. The Labute approximate surface area is 126 Å². The van der Waals surface area contributed by atoms with Crippen molar-refractivity contribution in [3.63, 3.8) is 0 Å². The maximum atomic E-state index is 12.9. The van der Waals surface area contributed by atoms with Crippen LogP contribution in [0.25, 0.3) is 0 Å². The smallest absolute Gasteiger partial charge is 0.226 e. The van der Waals surface area contributed by atoms with E-state index in [1.54, 1.807) is 6.26 Å². The molecule has 0 unspecified atom stereocenters. The third-order valence-electron chi connectivity index (χ3n) is 5.62. The van der Waals surface area contributed by atoms with Crippen molar-refractivity contribution < 1.29 is 9.21 Å². The average Bonchev–Trinajstić information content (AvgIpc) is 2.94. The third kappa shape index (κ3) is 2.30. The van der Waals surface area contributed by atoms with Gasteiger partial charge in [0.2, 0.25) is 5.91 Å². The Balaban J connectivity index is 1.44. The SMILES string of the molecule is CN1CCC[C@@H]1[C@@H]1CCCN1C(=O)[C@H]1C[C@H]1c1ccco1. The largest absolute Gasteiger partial charge is 0.469 e. The Hall–Kier alpha value is -1.29. The van der Waals surface area contributed by atoms with E-state index >= 15 is 0 Å². The van der Waals surface area contributed by atoms with Gasteiger partial charge < -0.3 is 14.2 Å². The van der Waals surface area contributed by atoms with Gasteiger partial charge in [-0.05, 0) is 57.8 Å². The normalized spacial score (nSPS) is 36.3. The van der Waals surface area contributed by atoms with Gasteiger partial charge in [-0.15, -0.1) is 0 Å². The second-order valence-electron chi connectivity index (χ2n) is 6.90. The molecule has 0 radical (unpaired) electrons. The summed E-state index contributed by atoms with van der Waals surface area (Å²) in [5.41, 5.74) is 0. The third-order valence-corrected chi connectivity index (χ3v) is 5.62. The summed E-state index contributed by atoms with van der Waals surface area (Å²) in [4.78, 5) is 17.5. The van der Waals surface area contributed by atoms with Crippen LogP contribution in [0.4, 0.5) is 0 Å². The van der Waals surface area contributed by atoms with Gasteiger partial charge in [-0.3, -0.25) is 4.79 Å². The van der Waals surface area contributed by atoms with Crippen LogP contribution in [-0.2, 0) is 4.79 Å². The molecule has 114 valence electrons. The lowest BCUT2D eigenvalue weighted by molar-refractivity contribution is -0.134. The number of rotatable bonds is 3. The van der Waals surface area contributed by atoms with Crippen LogP contribution in [-0.4, -0.2) is 47.9 Å². The van der Waals surface area contributed by atoms with Crippen LogP contribution >= 0.6 is 0 Å². The second-order valence-corrected chi connectivity index (χ2v) is 6.90. The standard InChI is InChI=1S/C17H24N2O2/c1-18-8-2-5-14(18)15-6-3-9-19(15)17(20)13-11-12(13)16-7-4-10-21-16/h4,7,10,12-15H,2-3,5-6,8-9,11H2,1H3/t12-,13+,14-,15+/m1/s1. The molecule has 1 aromatic rings. The van der Waals surface area contributed by atoms with Gasteiger partial charge >= 0.3 is 0 Å². The van der Waals surface area contributed by atoms with Crippen molar-refractivity contribution in [2.75, 3.05) is 20.1 Å². The molecule has 4 atom stereocenters.